The van der Waals surface area contributed by atoms with Crippen LogP contribution >= 0.6 is 0 Å². The molecule has 0 aliphatic heterocycles. The second kappa shape index (κ2) is 7.22. The van der Waals surface area contributed by atoms with Gasteiger partial charge in [0.05, 0.1) is 19.6 Å². The lowest BCUT2D eigenvalue weighted by Crippen LogP contribution is -2.15. The van der Waals surface area contributed by atoms with Crippen molar-refractivity contribution in [3.8, 4) is 11.5 Å². The molecule has 0 saturated carbocycles. The van der Waals surface area contributed by atoms with Gasteiger partial charge in [-0.15, -0.1) is 10.2 Å². The summed E-state index contributed by atoms with van der Waals surface area (Å²) >= 11 is 0. The van der Waals surface area contributed by atoms with E-state index in [-0.39, 0.29) is 12.3 Å². The summed E-state index contributed by atoms with van der Waals surface area (Å²) in [7, 11) is 0. The number of hydrogen-bond acceptors (Lipinski definition) is 6. The Balaban J connectivity index is 2.05. The SMILES string of the molecule is CCOc1ccc(NC(=O)Cc2nn[nH]n2)cc1OCC. The maximum absolute atomic E-state index is 11.9. The van der Waals surface area contributed by atoms with Gasteiger partial charge in [-0.25, -0.2) is 0 Å². The molecule has 0 unspecified atom stereocenters. The maximum Gasteiger partial charge on any atom is 0.232 e. The second-order valence-corrected chi connectivity index (χ2v) is 4.08. The van der Waals surface area contributed by atoms with Crippen molar-refractivity contribution in [1.29, 1.82) is 0 Å². The zero-order chi connectivity index (χ0) is 15.1. The Morgan fingerprint density at radius 3 is 2.67 bits per heavy atom. The van der Waals surface area contributed by atoms with Crippen LogP contribution in [0.4, 0.5) is 5.69 Å². The van der Waals surface area contributed by atoms with Crippen LogP contribution in [0.25, 0.3) is 0 Å². The van der Waals surface area contributed by atoms with Gasteiger partial charge in [-0.05, 0) is 26.0 Å². The molecule has 21 heavy (non-hydrogen) atoms. The Morgan fingerprint density at radius 2 is 2.00 bits per heavy atom. The van der Waals surface area contributed by atoms with Gasteiger partial charge in [0.15, 0.2) is 17.3 Å². The van der Waals surface area contributed by atoms with Crippen LogP contribution in [0, 0.1) is 0 Å². The fourth-order valence-corrected chi connectivity index (χ4v) is 1.74. The normalized spacial score (nSPS) is 10.2. The molecule has 1 aromatic carbocycles. The van der Waals surface area contributed by atoms with E-state index in [0.29, 0.717) is 36.2 Å². The maximum atomic E-state index is 11.9. The number of aromatic amines is 1. The van der Waals surface area contributed by atoms with E-state index < -0.39 is 0 Å². The highest BCUT2D eigenvalue weighted by Crippen LogP contribution is 2.30. The van der Waals surface area contributed by atoms with Crippen LogP contribution in [0.3, 0.4) is 0 Å². The molecular weight excluding hydrogens is 274 g/mol. The summed E-state index contributed by atoms with van der Waals surface area (Å²) in [6.07, 6.45) is 0.0493. The smallest absolute Gasteiger partial charge is 0.232 e. The van der Waals surface area contributed by atoms with E-state index >= 15 is 0 Å². The second-order valence-electron chi connectivity index (χ2n) is 4.08. The van der Waals surface area contributed by atoms with Gasteiger partial charge in [0.25, 0.3) is 0 Å². The molecule has 8 heteroatoms. The van der Waals surface area contributed by atoms with Crippen molar-refractivity contribution < 1.29 is 14.3 Å². The van der Waals surface area contributed by atoms with E-state index in [0.717, 1.165) is 0 Å². The summed E-state index contributed by atoms with van der Waals surface area (Å²) in [4.78, 5) is 11.9. The summed E-state index contributed by atoms with van der Waals surface area (Å²) in [6.45, 7) is 4.84. The Kier molecular flexibility index (Phi) is 5.08. The standard InChI is InChI=1S/C13H17N5O3/c1-3-20-10-6-5-9(7-11(10)21-4-2)14-13(19)8-12-15-17-18-16-12/h5-7H,3-4,8H2,1-2H3,(H,14,19)(H,15,16,17,18). The minimum absolute atomic E-state index is 0.0493. The molecule has 1 heterocycles. The molecule has 0 radical (unpaired) electrons. The number of nitrogens with zero attached hydrogens (tertiary/aromatic N) is 3. The molecule has 0 atom stereocenters. The molecule has 1 aromatic heterocycles. The molecular formula is C13H17N5O3. The first-order valence-electron chi connectivity index (χ1n) is 6.64. The number of amides is 1. The minimum Gasteiger partial charge on any atom is -0.490 e. The van der Waals surface area contributed by atoms with Crippen LogP contribution in [-0.2, 0) is 11.2 Å². The number of hydrogen-bond donors (Lipinski definition) is 2. The van der Waals surface area contributed by atoms with Crippen molar-refractivity contribution in [3.63, 3.8) is 0 Å². The van der Waals surface area contributed by atoms with Crippen LogP contribution in [-0.4, -0.2) is 39.7 Å². The van der Waals surface area contributed by atoms with Gasteiger partial charge in [0.1, 0.15) is 0 Å². The minimum atomic E-state index is -0.233. The monoisotopic (exact) mass is 291 g/mol. The third kappa shape index (κ3) is 4.16. The highest BCUT2D eigenvalue weighted by molar-refractivity contribution is 5.92. The lowest BCUT2D eigenvalue weighted by molar-refractivity contribution is -0.115. The van der Waals surface area contributed by atoms with Crippen LogP contribution in [0.2, 0.25) is 0 Å². The molecule has 112 valence electrons. The van der Waals surface area contributed by atoms with E-state index in [1.807, 2.05) is 13.8 Å². The molecule has 0 bridgehead atoms. The molecule has 0 aliphatic rings. The van der Waals surface area contributed by atoms with Crippen molar-refractivity contribution in [3.05, 3.63) is 24.0 Å². The number of benzene rings is 1. The average Bonchev–Trinajstić information content (AvgIpc) is 2.95. The van der Waals surface area contributed by atoms with Crippen molar-refractivity contribution in [2.45, 2.75) is 20.3 Å². The zero-order valence-corrected chi connectivity index (χ0v) is 11.9. The first-order chi connectivity index (χ1) is 10.2. The van der Waals surface area contributed by atoms with Crippen molar-refractivity contribution >= 4 is 11.6 Å². The third-order valence-electron chi connectivity index (χ3n) is 2.54. The van der Waals surface area contributed by atoms with Crippen molar-refractivity contribution in [2.24, 2.45) is 0 Å². The first-order valence-corrected chi connectivity index (χ1v) is 6.64. The quantitative estimate of drug-likeness (QED) is 0.794. The number of tetrazole rings is 1. The van der Waals surface area contributed by atoms with Gasteiger partial charge in [-0.1, -0.05) is 5.21 Å². The van der Waals surface area contributed by atoms with Crippen molar-refractivity contribution in [2.75, 3.05) is 18.5 Å². The van der Waals surface area contributed by atoms with Gasteiger partial charge in [0.2, 0.25) is 5.91 Å². The van der Waals surface area contributed by atoms with Crippen LogP contribution in [0.5, 0.6) is 11.5 Å². The predicted molar refractivity (Wildman–Crippen MR) is 75.3 cm³/mol. The highest BCUT2D eigenvalue weighted by atomic mass is 16.5. The fourth-order valence-electron chi connectivity index (χ4n) is 1.74. The van der Waals surface area contributed by atoms with Crippen LogP contribution in [0.15, 0.2) is 18.2 Å². The lowest BCUT2D eigenvalue weighted by atomic mass is 10.2. The predicted octanol–water partition coefficient (Wildman–Crippen LogP) is 1.18. The highest BCUT2D eigenvalue weighted by Gasteiger charge is 2.10. The molecule has 2 N–H and O–H groups in total. The van der Waals surface area contributed by atoms with Gasteiger partial charge < -0.3 is 14.8 Å². The molecule has 0 aliphatic carbocycles. The number of rotatable bonds is 7. The molecule has 1 amide bonds. The van der Waals surface area contributed by atoms with E-state index in [4.69, 9.17) is 9.47 Å². The number of carbonyl (C=O) groups is 1. The average molecular weight is 291 g/mol. The largest absolute Gasteiger partial charge is 0.490 e. The number of aromatic nitrogens is 4. The van der Waals surface area contributed by atoms with Gasteiger partial charge in [-0.3, -0.25) is 4.79 Å². The summed E-state index contributed by atoms with van der Waals surface area (Å²) in [5, 5.41) is 15.9. The van der Waals surface area contributed by atoms with Crippen molar-refractivity contribution in [1.82, 2.24) is 20.6 Å². The Bertz CT molecular complexity index is 585. The van der Waals surface area contributed by atoms with E-state index in [1.54, 1.807) is 18.2 Å². The molecule has 0 spiro atoms. The Labute approximate surface area is 121 Å². The number of ether oxygens (including phenoxy) is 2. The number of H-pyrrole nitrogens is 1. The Morgan fingerprint density at radius 1 is 1.24 bits per heavy atom. The van der Waals surface area contributed by atoms with Gasteiger partial charge in [-0.2, -0.15) is 5.21 Å². The summed E-state index contributed by atoms with van der Waals surface area (Å²) in [5.74, 6) is 1.35. The molecule has 2 rings (SSSR count). The molecule has 2 aromatic rings. The molecule has 0 saturated heterocycles. The summed E-state index contributed by atoms with van der Waals surface area (Å²) in [6, 6.07) is 5.24. The zero-order valence-electron chi connectivity index (χ0n) is 11.9. The van der Waals surface area contributed by atoms with E-state index in [2.05, 4.69) is 25.9 Å². The third-order valence-corrected chi connectivity index (χ3v) is 2.54. The van der Waals surface area contributed by atoms with E-state index in [1.165, 1.54) is 0 Å². The topological polar surface area (TPSA) is 102 Å². The van der Waals surface area contributed by atoms with Gasteiger partial charge in [0, 0.05) is 11.8 Å². The van der Waals surface area contributed by atoms with Crippen LogP contribution in [0.1, 0.15) is 19.7 Å². The number of carbonyl (C=O) groups excluding carboxylic acids is 1. The number of nitrogens with one attached hydrogen (secondary N) is 2. The lowest BCUT2D eigenvalue weighted by Gasteiger charge is -2.12. The fraction of sp³-hybridized carbons (Fsp3) is 0.385. The van der Waals surface area contributed by atoms with Gasteiger partial charge >= 0.3 is 0 Å². The summed E-state index contributed by atoms with van der Waals surface area (Å²) in [5.41, 5.74) is 0.621. The summed E-state index contributed by atoms with van der Waals surface area (Å²) < 4.78 is 11.0. The van der Waals surface area contributed by atoms with Crippen LogP contribution < -0.4 is 14.8 Å². The van der Waals surface area contributed by atoms with E-state index in [9.17, 15) is 4.79 Å². The first kappa shape index (κ1) is 14.8. The molecule has 8 nitrogen and oxygen atoms in total. The Hall–Kier alpha value is -2.64. The molecule has 0 fully saturated rings. The number of anilines is 1.